The molecule has 0 fully saturated rings. The van der Waals surface area contributed by atoms with Crippen LogP contribution in [0, 0.1) is 0 Å². The minimum Gasteiger partial charge on any atom is -0.370 e. The Hall–Kier alpha value is -0.630. The molecule has 0 saturated heterocycles. The second-order valence-electron chi connectivity index (χ2n) is 3.79. The molecule has 1 unspecified atom stereocenters. The number of rotatable bonds is 6. The van der Waals surface area contributed by atoms with Gasteiger partial charge in [-0.05, 0) is 18.1 Å². The van der Waals surface area contributed by atoms with E-state index in [1.807, 2.05) is 24.3 Å². The van der Waals surface area contributed by atoms with E-state index in [2.05, 4.69) is 26.1 Å². The zero-order chi connectivity index (χ0) is 13.6. The van der Waals surface area contributed by atoms with Gasteiger partial charge in [0.15, 0.2) is 0 Å². The number of halogens is 4. The molecular weight excluding hydrogens is 313 g/mol. The van der Waals surface area contributed by atoms with E-state index in [4.69, 9.17) is 5.84 Å². The molecule has 0 spiro atoms. The first-order chi connectivity index (χ1) is 8.42. The highest BCUT2D eigenvalue weighted by Crippen LogP contribution is 2.18. The SMILES string of the molecule is NNC(COCC(F)(F)F)Cc1ccccc1Br. The Morgan fingerprint density at radius 3 is 2.56 bits per heavy atom. The van der Waals surface area contributed by atoms with Gasteiger partial charge < -0.3 is 4.74 Å². The number of benzene rings is 1. The molecule has 0 aliphatic rings. The average Bonchev–Trinajstić information content (AvgIpc) is 2.29. The molecule has 0 saturated carbocycles. The highest BCUT2D eigenvalue weighted by molar-refractivity contribution is 9.10. The van der Waals surface area contributed by atoms with Crippen LogP contribution in [0.1, 0.15) is 5.56 Å². The van der Waals surface area contributed by atoms with Crippen LogP contribution in [-0.4, -0.2) is 25.4 Å². The predicted octanol–water partition coefficient (Wildman–Crippen LogP) is 2.40. The Kier molecular flexibility index (Phi) is 6.07. The molecule has 3 nitrogen and oxygen atoms in total. The largest absolute Gasteiger partial charge is 0.411 e. The maximum Gasteiger partial charge on any atom is 0.411 e. The van der Waals surface area contributed by atoms with Gasteiger partial charge in [-0.3, -0.25) is 11.3 Å². The molecule has 0 heterocycles. The fourth-order valence-electron chi connectivity index (χ4n) is 1.41. The topological polar surface area (TPSA) is 47.3 Å². The molecule has 0 aromatic heterocycles. The summed E-state index contributed by atoms with van der Waals surface area (Å²) in [4.78, 5) is 0. The van der Waals surface area contributed by atoms with Gasteiger partial charge in [0.05, 0.1) is 6.61 Å². The molecule has 7 heteroatoms. The van der Waals surface area contributed by atoms with Gasteiger partial charge >= 0.3 is 6.18 Å². The van der Waals surface area contributed by atoms with Gasteiger partial charge in [-0.1, -0.05) is 34.1 Å². The lowest BCUT2D eigenvalue weighted by Crippen LogP contribution is -2.41. The second-order valence-corrected chi connectivity index (χ2v) is 4.64. The van der Waals surface area contributed by atoms with E-state index in [0.29, 0.717) is 6.42 Å². The van der Waals surface area contributed by atoms with Crippen molar-refractivity contribution in [2.24, 2.45) is 5.84 Å². The van der Waals surface area contributed by atoms with Crippen molar-refractivity contribution in [2.75, 3.05) is 13.2 Å². The highest BCUT2D eigenvalue weighted by Gasteiger charge is 2.27. The number of nitrogens with one attached hydrogen (secondary N) is 1. The minimum absolute atomic E-state index is 0.0999. The summed E-state index contributed by atoms with van der Waals surface area (Å²) in [7, 11) is 0. The number of ether oxygens (including phenoxy) is 1. The molecule has 0 aliphatic heterocycles. The van der Waals surface area contributed by atoms with Crippen LogP contribution in [0.25, 0.3) is 0 Å². The minimum atomic E-state index is -4.31. The zero-order valence-electron chi connectivity index (χ0n) is 9.51. The summed E-state index contributed by atoms with van der Waals surface area (Å²) in [5.41, 5.74) is 3.41. The molecule has 18 heavy (non-hydrogen) atoms. The zero-order valence-corrected chi connectivity index (χ0v) is 11.1. The van der Waals surface area contributed by atoms with Crippen LogP contribution < -0.4 is 11.3 Å². The van der Waals surface area contributed by atoms with Gasteiger partial charge in [-0.25, -0.2) is 0 Å². The van der Waals surface area contributed by atoms with Crippen molar-refractivity contribution in [3.8, 4) is 0 Å². The molecular formula is C11H14BrF3N2O. The first kappa shape index (κ1) is 15.4. The summed E-state index contributed by atoms with van der Waals surface area (Å²) < 4.78 is 41.2. The molecule has 0 amide bonds. The van der Waals surface area contributed by atoms with Gasteiger partial charge in [0, 0.05) is 10.5 Å². The summed E-state index contributed by atoms with van der Waals surface area (Å²) in [6.07, 6.45) is -3.83. The average molecular weight is 327 g/mol. The summed E-state index contributed by atoms with van der Waals surface area (Å²) in [6.45, 7) is -1.36. The van der Waals surface area contributed by atoms with Crippen molar-refractivity contribution in [1.29, 1.82) is 0 Å². The van der Waals surface area contributed by atoms with Gasteiger partial charge in [0.2, 0.25) is 0 Å². The molecule has 1 aromatic rings. The van der Waals surface area contributed by atoms with Crippen molar-refractivity contribution in [3.05, 3.63) is 34.3 Å². The Labute approximate surface area is 112 Å². The Balaban J connectivity index is 2.45. The Bertz CT molecular complexity index is 374. The molecule has 1 aromatic carbocycles. The van der Waals surface area contributed by atoms with E-state index in [1.54, 1.807) is 0 Å². The van der Waals surface area contributed by atoms with Crippen molar-refractivity contribution in [1.82, 2.24) is 5.43 Å². The summed E-state index contributed by atoms with van der Waals surface area (Å²) in [5.74, 6) is 5.29. The standard InChI is InChI=1S/C11H14BrF3N2O/c12-10-4-2-1-3-8(10)5-9(17-16)6-18-7-11(13,14)15/h1-4,9,17H,5-7,16H2. The molecule has 1 atom stereocenters. The number of hydrogen-bond acceptors (Lipinski definition) is 3. The van der Waals surface area contributed by atoms with Gasteiger partial charge in [-0.15, -0.1) is 0 Å². The second kappa shape index (κ2) is 7.08. The van der Waals surface area contributed by atoms with Crippen molar-refractivity contribution < 1.29 is 17.9 Å². The monoisotopic (exact) mass is 326 g/mol. The molecule has 1 rings (SSSR count). The smallest absolute Gasteiger partial charge is 0.370 e. The number of hydrazine groups is 1. The van der Waals surface area contributed by atoms with E-state index in [-0.39, 0.29) is 12.6 Å². The Morgan fingerprint density at radius 2 is 2.00 bits per heavy atom. The highest BCUT2D eigenvalue weighted by atomic mass is 79.9. The molecule has 0 aliphatic carbocycles. The third kappa shape index (κ3) is 5.81. The van der Waals surface area contributed by atoms with Crippen molar-refractivity contribution in [2.45, 2.75) is 18.6 Å². The third-order valence-electron chi connectivity index (χ3n) is 2.24. The lowest BCUT2D eigenvalue weighted by Gasteiger charge is -2.17. The lowest BCUT2D eigenvalue weighted by molar-refractivity contribution is -0.175. The maximum atomic E-state index is 11.9. The van der Waals surface area contributed by atoms with Crippen LogP contribution in [0.5, 0.6) is 0 Å². The number of alkyl halides is 3. The molecule has 0 radical (unpaired) electrons. The van der Waals surface area contributed by atoms with Crippen LogP contribution in [0.15, 0.2) is 28.7 Å². The molecule has 0 bridgehead atoms. The summed E-state index contributed by atoms with van der Waals surface area (Å²) in [6, 6.07) is 7.08. The maximum absolute atomic E-state index is 11.9. The summed E-state index contributed by atoms with van der Waals surface area (Å²) >= 11 is 3.36. The van der Waals surface area contributed by atoms with Gasteiger partial charge in [-0.2, -0.15) is 13.2 Å². The van der Waals surface area contributed by atoms with E-state index < -0.39 is 12.8 Å². The van der Waals surface area contributed by atoms with E-state index in [9.17, 15) is 13.2 Å². The van der Waals surface area contributed by atoms with Crippen LogP contribution in [0.3, 0.4) is 0 Å². The van der Waals surface area contributed by atoms with E-state index >= 15 is 0 Å². The first-order valence-corrected chi connectivity index (χ1v) is 6.05. The molecule has 3 N–H and O–H groups in total. The lowest BCUT2D eigenvalue weighted by atomic mass is 10.1. The number of nitrogens with two attached hydrogens (primary N) is 1. The van der Waals surface area contributed by atoms with Crippen LogP contribution in [0.4, 0.5) is 13.2 Å². The van der Waals surface area contributed by atoms with Crippen LogP contribution in [-0.2, 0) is 11.2 Å². The molecule has 102 valence electrons. The van der Waals surface area contributed by atoms with Gasteiger partial charge in [0.25, 0.3) is 0 Å². The normalized spacial score (nSPS) is 13.6. The van der Waals surface area contributed by atoms with Gasteiger partial charge in [0.1, 0.15) is 6.61 Å². The van der Waals surface area contributed by atoms with Crippen LogP contribution in [0.2, 0.25) is 0 Å². The fourth-order valence-corrected chi connectivity index (χ4v) is 1.86. The van der Waals surface area contributed by atoms with E-state index in [0.717, 1.165) is 10.0 Å². The van der Waals surface area contributed by atoms with Crippen molar-refractivity contribution >= 4 is 15.9 Å². The first-order valence-electron chi connectivity index (χ1n) is 5.26. The predicted molar refractivity (Wildman–Crippen MR) is 65.8 cm³/mol. The van der Waals surface area contributed by atoms with Crippen LogP contribution >= 0.6 is 15.9 Å². The fraction of sp³-hybridized carbons (Fsp3) is 0.455. The quantitative estimate of drug-likeness (QED) is 0.623. The number of hydrogen-bond donors (Lipinski definition) is 2. The van der Waals surface area contributed by atoms with E-state index in [1.165, 1.54) is 0 Å². The third-order valence-corrected chi connectivity index (χ3v) is 3.02. The summed E-state index contributed by atoms with van der Waals surface area (Å²) in [5, 5.41) is 0. The van der Waals surface area contributed by atoms with Crippen molar-refractivity contribution in [3.63, 3.8) is 0 Å². The Morgan fingerprint density at radius 1 is 1.33 bits per heavy atom.